The fraction of sp³-hybridized carbons (Fsp3) is 0.500. The summed E-state index contributed by atoms with van der Waals surface area (Å²) in [4.78, 5) is 15.0. The average molecular weight is 221 g/mol. The minimum Gasteiger partial charge on any atom is -0.480 e. The molecule has 0 atom stereocenters. The van der Waals surface area contributed by atoms with Crippen LogP contribution < -0.4 is 5.32 Å². The summed E-state index contributed by atoms with van der Waals surface area (Å²) in [7, 11) is 0. The fourth-order valence-electron chi connectivity index (χ4n) is 1.96. The maximum absolute atomic E-state index is 11.2. The van der Waals surface area contributed by atoms with Crippen molar-refractivity contribution in [2.45, 2.75) is 31.2 Å². The van der Waals surface area contributed by atoms with Crippen LogP contribution in [0, 0.1) is 11.3 Å². The van der Waals surface area contributed by atoms with Crippen LogP contribution in [0.4, 0.5) is 6.01 Å². The van der Waals surface area contributed by atoms with Gasteiger partial charge in [0.15, 0.2) is 5.69 Å². The van der Waals surface area contributed by atoms with Gasteiger partial charge in [-0.25, -0.2) is 4.79 Å². The number of nitrogens with zero attached hydrogens (tertiary/aromatic N) is 2. The number of anilines is 1. The second-order valence-corrected chi connectivity index (χ2v) is 3.87. The number of nitriles is 1. The number of carboxylic acids is 1. The molecule has 1 heterocycles. The van der Waals surface area contributed by atoms with Crippen molar-refractivity contribution >= 4 is 12.0 Å². The molecule has 6 heteroatoms. The van der Waals surface area contributed by atoms with Gasteiger partial charge < -0.3 is 14.8 Å². The van der Waals surface area contributed by atoms with Crippen molar-refractivity contribution in [2.24, 2.45) is 0 Å². The van der Waals surface area contributed by atoms with Crippen molar-refractivity contribution in [1.82, 2.24) is 4.98 Å². The molecule has 1 aromatic rings. The van der Waals surface area contributed by atoms with Crippen LogP contribution in [0.15, 0.2) is 10.7 Å². The van der Waals surface area contributed by atoms with Crippen LogP contribution >= 0.6 is 0 Å². The van der Waals surface area contributed by atoms with Crippen molar-refractivity contribution in [3.8, 4) is 6.07 Å². The predicted molar refractivity (Wildman–Crippen MR) is 53.7 cm³/mol. The number of hydrogen-bond acceptors (Lipinski definition) is 5. The number of carbonyl (C=O) groups is 1. The molecule has 84 valence electrons. The van der Waals surface area contributed by atoms with E-state index in [-0.39, 0.29) is 11.7 Å². The smallest absolute Gasteiger partial charge is 0.329 e. The molecular formula is C10H11N3O3. The topological polar surface area (TPSA) is 99.2 Å². The normalized spacial score (nSPS) is 17.9. The Balaban J connectivity index is 2.18. The third-order valence-electron chi connectivity index (χ3n) is 2.83. The number of aromatic nitrogens is 1. The highest BCUT2D eigenvalue weighted by molar-refractivity contribution is 5.82. The Kier molecular flexibility index (Phi) is 2.52. The zero-order valence-corrected chi connectivity index (χ0v) is 8.56. The molecule has 0 bridgehead atoms. The van der Waals surface area contributed by atoms with Crippen LogP contribution in [-0.4, -0.2) is 21.6 Å². The van der Waals surface area contributed by atoms with E-state index in [1.165, 1.54) is 6.26 Å². The van der Waals surface area contributed by atoms with Crippen molar-refractivity contribution in [2.75, 3.05) is 5.32 Å². The summed E-state index contributed by atoms with van der Waals surface area (Å²) >= 11 is 0. The number of nitrogens with one attached hydrogen (secondary N) is 1. The highest BCUT2D eigenvalue weighted by atomic mass is 16.4. The molecule has 0 radical (unpaired) electrons. The summed E-state index contributed by atoms with van der Waals surface area (Å²) in [6.07, 6.45) is 4.03. The average Bonchev–Trinajstić information content (AvgIpc) is 2.88. The third-order valence-corrected chi connectivity index (χ3v) is 2.83. The maximum Gasteiger partial charge on any atom is 0.329 e. The van der Waals surface area contributed by atoms with Crippen LogP contribution in [0.2, 0.25) is 0 Å². The van der Waals surface area contributed by atoms with Crippen molar-refractivity contribution in [3.05, 3.63) is 12.0 Å². The lowest BCUT2D eigenvalue weighted by Crippen LogP contribution is -2.43. The van der Waals surface area contributed by atoms with E-state index < -0.39 is 11.5 Å². The summed E-state index contributed by atoms with van der Waals surface area (Å²) in [6, 6.07) is 1.92. The van der Waals surface area contributed by atoms with Crippen molar-refractivity contribution in [1.29, 1.82) is 5.26 Å². The van der Waals surface area contributed by atoms with Gasteiger partial charge in [0.1, 0.15) is 17.9 Å². The Bertz CT molecular complexity index is 440. The maximum atomic E-state index is 11.2. The van der Waals surface area contributed by atoms with E-state index in [1.54, 1.807) is 0 Å². The SMILES string of the molecule is N#Cc1coc(NC2(C(=O)O)CCCC2)n1. The Hall–Kier alpha value is -2.03. The second kappa shape index (κ2) is 3.85. The molecule has 0 saturated heterocycles. The van der Waals surface area contributed by atoms with Gasteiger partial charge in [0.2, 0.25) is 0 Å². The first-order valence-corrected chi connectivity index (χ1v) is 5.03. The second-order valence-electron chi connectivity index (χ2n) is 3.87. The standard InChI is InChI=1S/C10H11N3O3/c11-5-7-6-16-9(12-7)13-10(8(14)15)3-1-2-4-10/h6H,1-4H2,(H,12,13)(H,14,15). The van der Waals surface area contributed by atoms with Gasteiger partial charge >= 0.3 is 5.97 Å². The first-order chi connectivity index (χ1) is 7.66. The molecule has 2 N–H and O–H groups in total. The molecule has 6 nitrogen and oxygen atoms in total. The number of hydrogen-bond donors (Lipinski definition) is 2. The molecule has 0 unspecified atom stereocenters. The number of oxazole rings is 1. The van der Waals surface area contributed by atoms with E-state index in [4.69, 9.17) is 9.68 Å². The molecule has 1 saturated carbocycles. The zero-order valence-electron chi connectivity index (χ0n) is 8.56. The van der Waals surface area contributed by atoms with Gasteiger partial charge in [-0.3, -0.25) is 0 Å². The molecule has 2 rings (SSSR count). The van der Waals surface area contributed by atoms with Gasteiger partial charge in [-0.1, -0.05) is 12.8 Å². The molecule has 1 fully saturated rings. The van der Waals surface area contributed by atoms with E-state index in [0.717, 1.165) is 12.8 Å². The molecule has 0 aliphatic heterocycles. The van der Waals surface area contributed by atoms with Crippen molar-refractivity contribution < 1.29 is 14.3 Å². The van der Waals surface area contributed by atoms with Gasteiger partial charge in [0.25, 0.3) is 6.01 Å². The molecule has 0 amide bonds. The summed E-state index contributed by atoms with van der Waals surface area (Å²) in [6.45, 7) is 0. The van der Waals surface area contributed by atoms with E-state index in [2.05, 4.69) is 10.3 Å². The third kappa shape index (κ3) is 1.72. The number of carboxylic acid groups (broad SMARTS) is 1. The first-order valence-electron chi connectivity index (χ1n) is 5.03. The minimum atomic E-state index is -0.989. The van der Waals surface area contributed by atoms with Gasteiger partial charge in [-0.2, -0.15) is 10.2 Å². The van der Waals surface area contributed by atoms with Crippen LogP contribution in [0.3, 0.4) is 0 Å². The zero-order chi connectivity index (χ0) is 11.6. The molecule has 0 aromatic carbocycles. The minimum absolute atomic E-state index is 0.0980. The number of rotatable bonds is 3. The van der Waals surface area contributed by atoms with E-state index in [0.29, 0.717) is 12.8 Å². The summed E-state index contributed by atoms with van der Waals surface area (Å²) in [5, 5.41) is 20.5. The van der Waals surface area contributed by atoms with E-state index >= 15 is 0 Å². The lowest BCUT2D eigenvalue weighted by atomic mass is 9.98. The largest absolute Gasteiger partial charge is 0.480 e. The predicted octanol–water partition coefficient (Wildman–Crippen LogP) is 1.36. The highest BCUT2D eigenvalue weighted by Crippen LogP contribution is 2.33. The number of aliphatic carboxylic acids is 1. The molecule has 1 aromatic heterocycles. The molecule has 0 spiro atoms. The fourth-order valence-corrected chi connectivity index (χ4v) is 1.96. The van der Waals surface area contributed by atoms with E-state index in [1.807, 2.05) is 6.07 Å². The van der Waals surface area contributed by atoms with Gasteiger partial charge in [-0.15, -0.1) is 0 Å². The van der Waals surface area contributed by atoms with Crippen LogP contribution in [0.5, 0.6) is 0 Å². The monoisotopic (exact) mass is 221 g/mol. The van der Waals surface area contributed by atoms with Gasteiger partial charge in [-0.05, 0) is 12.8 Å². The van der Waals surface area contributed by atoms with Crippen molar-refractivity contribution in [3.63, 3.8) is 0 Å². The molecule has 1 aliphatic rings. The van der Waals surface area contributed by atoms with E-state index in [9.17, 15) is 9.90 Å². The quantitative estimate of drug-likeness (QED) is 0.799. The van der Waals surface area contributed by atoms with Gasteiger partial charge in [0, 0.05) is 0 Å². The van der Waals surface area contributed by atoms with Crippen LogP contribution in [0.25, 0.3) is 0 Å². The lowest BCUT2D eigenvalue weighted by Gasteiger charge is -2.23. The molecular weight excluding hydrogens is 210 g/mol. The lowest BCUT2D eigenvalue weighted by molar-refractivity contribution is -0.142. The van der Waals surface area contributed by atoms with Crippen LogP contribution in [-0.2, 0) is 4.79 Å². The summed E-state index contributed by atoms with van der Waals surface area (Å²) in [5.41, 5.74) is -0.849. The first kappa shape index (κ1) is 10.5. The van der Waals surface area contributed by atoms with Gasteiger partial charge in [0.05, 0.1) is 0 Å². The Morgan fingerprint density at radius 1 is 1.62 bits per heavy atom. The van der Waals surface area contributed by atoms with Crippen LogP contribution in [0.1, 0.15) is 31.4 Å². The molecule has 1 aliphatic carbocycles. The highest BCUT2D eigenvalue weighted by Gasteiger charge is 2.42. The Labute approximate surface area is 91.9 Å². The Morgan fingerprint density at radius 2 is 2.31 bits per heavy atom. The Morgan fingerprint density at radius 3 is 2.81 bits per heavy atom. The summed E-state index contributed by atoms with van der Waals surface area (Å²) < 4.78 is 4.98. The summed E-state index contributed by atoms with van der Waals surface area (Å²) in [5.74, 6) is -0.901. The molecule has 16 heavy (non-hydrogen) atoms.